The summed E-state index contributed by atoms with van der Waals surface area (Å²) < 4.78 is 22.7. The summed E-state index contributed by atoms with van der Waals surface area (Å²) in [5.41, 5.74) is 1.45. The van der Waals surface area contributed by atoms with Crippen molar-refractivity contribution in [2.75, 3.05) is 19.0 Å². The number of halogens is 1. The zero-order chi connectivity index (χ0) is 20.3. The van der Waals surface area contributed by atoms with Crippen molar-refractivity contribution in [1.82, 2.24) is 0 Å². The predicted molar refractivity (Wildman–Crippen MR) is 102 cm³/mol. The molecule has 0 fully saturated rings. The third-order valence-electron chi connectivity index (χ3n) is 4.57. The number of carbonyl (C=O) groups excluding carboxylic acids is 3. The zero-order valence-corrected chi connectivity index (χ0v) is 16.4. The van der Waals surface area contributed by atoms with E-state index < -0.39 is 30.3 Å². The number of hydrogen-bond acceptors (Lipinski definition) is 6. The van der Waals surface area contributed by atoms with Gasteiger partial charge in [-0.05, 0) is 55.0 Å². The molecule has 0 saturated heterocycles. The van der Waals surface area contributed by atoms with E-state index in [1.165, 1.54) is 30.6 Å². The molecule has 6 nitrogen and oxygen atoms in total. The molecule has 1 aliphatic carbocycles. The molecule has 0 aliphatic heterocycles. The van der Waals surface area contributed by atoms with Crippen LogP contribution in [0.1, 0.15) is 44.5 Å². The molecule has 1 atom stereocenters. The SMILES string of the molecule is COC(=O)c1c(NC(=O)COC(=O)c2ccc(F)cc2)sc2c1CC[C@@H](C)C2. The smallest absolute Gasteiger partial charge is 0.341 e. The van der Waals surface area contributed by atoms with Gasteiger partial charge in [-0.2, -0.15) is 0 Å². The molecule has 0 unspecified atom stereocenters. The Morgan fingerprint density at radius 3 is 2.61 bits per heavy atom. The molecule has 1 amide bonds. The molecule has 0 saturated carbocycles. The molecule has 1 heterocycles. The molecule has 8 heteroatoms. The van der Waals surface area contributed by atoms with Crippen molar-refractivity contribution in [3.63, 3.8) is 0 Å². The fraction of sp³-hybridized carbons (Fsp3) is 0.350. The van der Waals surface area contributed by atoms with E-state index in [0.29, 0.717) is 16.5 Å². The Labute approximate surface area is 165 Å². The monoisotopic (exact) mass is 405 g/mol. The van der Waals surface area contributed by atoms with Crippen LogP contribution in [0.15, 0.2) is 24.3 Å². The lowest BCUT2D eigenvalue weighted by molar-refractivity contribution is -0.119. The van der Waals surface area contributed by atoms with Gasteiger partial charge in [0.15, 0.2) is 6.61 Å². The average molecular weight is 405 g/mol. The fourth-order valence-corrected chi connectivity index (χ4v) is 4.53. The van der Waals surface area contributed by atoms with Gasteiger partial charge >= 0.3 is 11.9 Å². The number of anilines is 1. The lowest BCUT2D eigenvalue weighted by Gasteiger charge is -2.18. The number of ether oxygens (including phenoxy) is 2. The number of hydrogen-bond donors (Lipinski definition) is 1. The Kier molecular flexibility index (Phi) is 6.08. The van der Waals surface area contributed by atoms with E-state index in [1.807, 2.05) is 0 Å². The number of esters is 2. The molecule has 2 aromatic rings. The molecule has 28 heavy (non-hydrogen) atoms. The standard InChI is InChI=1S/C20H20FNO5S/c1-11-3-8-14-15(9-11)28-18(17(14)20(25)26-2)22-16(23)10-27-19(24)12-4-6-13(21)7-5-12/h4-7,11H,3,8-10H2,1-2H3,(H,22,23)/t11-/m1/s1. The molecule has 1 aromatic carbocycles. The summed E-state index contributed by atoms with van der Waals surface area (Å²) in [4.78, 5) is 37.5. The lowest BCUT2D eigenvalue weighted by Crippen LogP contribution is -2.22. The van der Waals surface area contributed by atoms with Crippen LogP contribution in [-0.2, 0) is 27.1 Å². The second-order valence-corrected chi connectivity index (χ2v) is 7.78. The topological polar surface area (TPSA) is 81.7 Å². The largest absolute Gasteiger partial charge is 0.465 e. The Hall–Kier alpha value is -2.74. The van der Waals surface area contributed by atoms with Gasteiger partial charge in [0.2, 0.25) is 0 Å². The van der Waals surface area contributed by atoms with E-state index in [-0.39, 0.29) is 5.56 Å². The summed E-state index contributed by atoms with van der Waals surface area (Å²) in [7, 11) is 1.30. The van der Waals surface area contributed by atoms with Crippen molar-refractivity contribution in [2.45, 2.75) is 26.2 Å². The molecular weight excluding hydrogens is 385 g/mol. The normalized spacial score (nSPS) is 15.5. The highest BCUT2D eigenvalue weighted by molar-refractivity contribution is 7.17. The van der Waals surface area contributed by atoms with Crippen molar-refractivity contribution in [3.8, 4) is 0 Å². The lowest BCUT2D eigenvalue weighted by atomic mass is 9.88. The predicted octanol–water partition coefficient (Wildman–Crippen LogP) is 3.59. The van der Waals surface area contributed by atoms with Crippen LogP contribution in [0.2, 0.25) is 0 Å². The van der Waals surface area contributed by atoms with E-state index in [2.05, 4.69) is 12.2 Å². The van der Waals surface area contributed by atoms with Crippen LogP contribution >= 0.6 is 11.3 Å². The minimum atomic E-state index is -0.734. The van der Waals surface area contributed by atoms with Crippen molar-refractivity contribution in [3.05, 3.63) is 51.7 Å². The first-order chi connectivity index (χ1) is 13.4. The van der Waals surface area contributed by atoms with E-state index in [0.717, 1.165) is 41.8 Å². The second-order valence-electron chi connectivity index (χ2n) is 6.68. The molecule has 0 radical (unpaired) electrons. The number of methoxy groups -OCH3 is 1. The third kappa shape index (κ3) is 4.39. The van der Waals surface area contributed by atoms with Crippen LogP contribution in [0.25, 0.3) is 0 Å². The maximum Gasteiger partial charge on any atom is 0.341 e. The number of nitrogens with one attached hydrogen (secondary N) is 1. The first-order valence-electron chi connectivity index (χ1n) is 8.84. The van der Waals surface area contributed by atoms with Crippen molar-refractivity contribution in [2.24, 2.45) is 5.92 Å². The number of fused-ring (bicyclic) bond motifs is 1. The highest BCUT2D eigenvalue weighted by Crippen LogP contribution is 2.40. The number of thiophene rings is 1. The van der Waals surface area contributed by atoms with Gasteiger partial charge in [-0.25, -0.2) is 14.0 Å². The average Bonchev–Trinajstić information content (AvgIpc) is 3.02. The molecule has 148 valence electrons. The van der Waals surface area contributed by atoms with Crippen LogP contribution < -0.4 is 5.32 Å². The molecule has 0 bridgehead atoms. The molecule has 3 rings (SSSR count). The van der Waals surface area contributed by atoms with Gasteiger partial charge in [0.05, 0.1) is 18.2 Å². The molecule has 0 spiro atoms. The van der Waals surface area contributed by atoms with Crippen LogP contribution in [0.4, 0.5) is 9.39 Å². The van der Waals surface area contributed by atoms with E-state index in [4.69, 9.17) is 9.47 Å². The summed E-state index contributed by atoms with van der Waals surface area (Å²) >= 11 is 1.36. The summed E-state index contributed by atoms with van der Waals surface area (Å²) in [5, 5.41) is 3.07. The second kappa shape index (κ2) is 8.52. The van der Waals surface area contributed by atoms with Gasteiger partial charge in [-0.15, -0.1) is 11.3 Å². The number of carbonyl (C=O) groups is 3. The van der Waals surface area contributed by atoms with Crippen LogP contribution in [0.5, 0.6) is 0 Å². The maximum atomic E-state index is 12.9. The summed E-state index contributed by atoms with van der Waals surface area (Å²) in [6.07, 6.45) is 2.57. The van der Waals surface area contributed by atoms with Crippen molar-refractivity contribution < 1.29 is 28.2 Å². The quantitative estimate of drug-likeness (QED) is 0.769. The first kappa shape index (κ1) is 20.0. The van der Waals surface area contributed by atoms with E-state index >= 15 is 0 Å². The van der Waals surface area contributed by atoms with Crippen molar-refractivity contribution in [1.29, 1.82) is 0 Å². The summed E-state index contributed by atoms with van der Waals surface area (Å²) in [6.45, 7) is 1.63. The molecule has 1 aromatic heterocycles. The van der Waals surface area contributed by atoms with Gasteiger partial charge in [-0.1, -0.05) is 6.92 Å². The molecule has 1 N–H and O–H groups in total. The molecule has 1 aliphatic rings. The summed E-state index contributed by atoms with van der Waals surface area (Å²) in [5.74, 6) is -1.75. The number of amides is 1. The van der Waals surface area contributed by atoms with E-state index in [9.17, 15) is 18.8 Å². The van der Waals surface area contributed by atoms with Gasteiger partial charge in [-0.3, -0.25) is 4.79 Å². The van der Waals surface area contributed by atoms with Crippen LogP contribution in [0.3, 0.4) is 0 Å². The van der Waals surface area contributed by atoms with Crippen LogP contribution in [0, 0.1) is 11.7 Å². The fourth-order valence-electron chi connectivity index (χ4n) is 3.12. The Bertz CT molecular complexity index is 906. The minimum Gasteiger partial charge on any atom is -0.465 e. The van der Waals surface area contributed by atoms with Gasteiger partial charge in [0.25, 0.3) is 5.91 Å². The first-order valence-corrected chi connectivity index (χ1v) is 9.66. The maximum absolute atomic E-state index is 12.9. The third-order valence-corrected chi connectivity index (χ3v) is 5.74. The minimum absolute atomic E-state index is 0.144. The Balaban J connectivity index is 1.69. The van der Waals surface area contributed by atoms with E-state index in [1.54, 1.807) is 0 Å². The number of benzene rings is 1. The van der Waals surface area contributed by atoms with Gasteiger partial charge < -0.3 is 14.8 Å². The van der Waals surface area contributed by atoms with Gasteiger partial charge in [0.1, 0.15) is 10.8 Å². The molecular formula is C20H20FNO5S. The van der Waals surface area contributed by atoms with Crippen molar-refractivity contribution >= 4 is 34.2 Å². The Morgan fingerprint density at radius 1 is 1.21 bits per heavy atom. The highest BCUT2D eigenvalue weighted by atomic mass is 32.1. The highest BCUT2D eigenvalue weighted by Gasteiger charge is 2.29. The summed E-state index contributed by atoms with van der Waals surface area (Å²) in [6, 6.07) is 4.83. The zero-order valence-electron chi connectivity index (χ0n) is 15.5. The number of rotatable bonds is 5. The Morgan fingerprint density at radius 2 is 1.93 bits per heavy atom. The van der Waals surface area contributed by atoms with Gasteiger partial charge in [0, 0.05) is 4.88 Å². The van der Waals surface area contributed by atoms with Crippen LogP contribution in [-0.4, -0.2) is 31.6 Å².